The molecule has 0 aliphatic carbocycles. The predicted molar refractivity (Wildman–Crippen MR) is 82.1 cm³/mol. The number of nitrogens with two attached hydrogens (primary N) is 1. The fraction of sp³-hybridized carbons (Fsp3) is 0.0714. The molecule has 0 unspecified atom stereocenters. The topological polar surface area (TPSA) is 77.8 Å². The highest BCUT2D eigenvalue weighted by Crippen LogP contribution is 2.29. The third-order valence-electron chi connectivity index (χ3n) is 2.93. The predicted octanol–water partition coefficient (Wildman–Crippen LogP) is 4.00. The molecule has 2 heterocycles. The van der Waals surface area contributed by atoms with Crippen LogP contribution in [0.1, 0.15) is 5.56 Å². The summed E-state index contributed by atoms with van der Waals surface area (Å²) in [5, 5.41) is 4.72. The molecule has 0 saturated heterocycles. The Balaban J connectivity index is 2.03. The summed E-state index contributed by atoms with van der Waals surface area (Å²) in [6.45, 7) is 1.92. The van der Waals surface area contributed by atoms with Crippen molar-refractivity contribution >= 4 is 28.9 Å². The average Bonchev–Trinajstić information content (AvgIpc) is 2.87. The van der Waals surface area contributed by atoms with E-state index in [9.17, 15) is 0 Å². The van der Waals surface area contributed by atoms with Crippen LogP contribution in [0.2, 0.25) is 10.0 Å². The molecular weight excluding hydrogens is 311 g/mol. The highest BCUT2D eigenvalue weighted by Gasteiger charge is 2.16. The van der Waals surface area contributed by atoms with E-state index in [-0.39, 0.29) is 0 Å². The van der Waals surface area contributed by atoms with Gasteiger partial charge in [-0.1, -0.05) is 28.4 Å². The summed E-state index contributed by atoms with van der Waals surface area (Å²) in [5.74, 6) is 0.693. The molecule has 5 nitrogen and oxygen atoms in total. The Labute approximate surface area is 130 Å². The largest absolute Gasteiger partial charge is 0.399 e. The molecule has 0 aliphatic heterocycles. The number of nitrogens with zero attached hydrogens (tertiary/aromatic N) is 3. The van der Waals surface area contributed by atoms with Crippen molar-refractivity contribution < 1.29 is 4.52 Å². The summed E-state index contributed by atoms with van der Waals surface area (Å²) in [4.78, 5) is 8.45. The van der Waals surface area contributed by atoms with Crippen LogP contribution >= 0.6 is 23.2 Å². The van der Waals surface area contributed by atoms with Gasteiger partial charge < -0.3 is 10.3 Å². The molecule has 0 atom stereocenters. The van der Waals surface area contributed by atoms with Crippen LogP contribution in [0.5, 0.6) is 0 Å². The zero-order chi connectivity index (χ0) is 15.0. The summed E-state index contributed by atoms with van der Waals surface area (Å²) >= 11 is 11.9. The van der Waals surface area contributed by atoms with Gasteiger partial charge in [-0.15, -0.1) is 0 Å². The number of hydrogen-bond donors (Lipinski definition) is 1. The van der Waals surface area contributed by atoms with Crippen molar-refractivity contribution in [3.63, 3.8) is 0 Å². The lowest BCUT2D eigenvalue weighted by Gasteiger charge is -2.01. The number of pyridine rings is 1. The van der Waals surface area contributed by atoms with E-state index in [0.717, 1.165) is 11.1 Å². The highest BCUT2D eigenvalue weighted by molar-refractivity contribution is 6.35. The molecule has 0 fully saturated rings. The molecule has 106 valence electrons. The minimum absolute atomic E-state index is 0.308. The van der Waals surface area contributed by atoms with Gasteiger partial charge in [-0.05, 0) is 36.8 Å². The van der Waals surface area contributed by atoms with E-state index in [1.54, 1.807) is 12.1 Å². The first-order chi connectivity index (χ1) is 10.0. The second-order valence-electron chi connectivity index (χ2n) is 4.48. The van der Waals surface area contributed by atoms with E-state index in [1.165, 1.54) is 6.20 Å². The molecule has 7 heteroatoms. The van der Waals surface area contributed by atoms with Crippen LogP contribution in [0.3, 0.4) is 0 Å². The summed E-state index contributed by atoms with van der Waals surface area (Å²) < 4.78 is 5.28. The van der Waals surface area contributed by atoms with Crippen LogP contribution in [0.4, 0.5) is 5.69 Å². The Morgan fingerprint density at radius 1 is 1.19 bits per heavy atom. The first kappa shape index (κ1) is 13.9. The Bertz CT molecular complexity index is 750. The standard InChI is InChI=1S/C14H10Cl2N4O/c1-7-4-9(17)2-3-10(7)14-19-13(20-21-14)12-11(16)5-8(15)6-18-12/h2-6H,17H2,1H3. The number of aryl methyl sites for hydroxylation is 1. The molecule has 2 N–H and O–H groups in total. The fourth-order valence-corrected chi connectivity index (χ4v) is 2.40. The molecule has 1 aromatic carbocycles. The maximum absolute atomic E-state index is 6.09. The number of aromatic nitrogens is 3. The second-order valence-corrected chi connectivity index (χ2v) is 5.33. The van der Waals surface area contributed by atoms with Gasteiger partial charge in [-0.25, -0.2) is 4.98 Å². The normalized spacial score (nSPS) is 10.8. The van der Waals surface area contributed by atoms with Gasteiger partial charge in [0.25, 0.3) is 5.89 Å². The molecule has 0 spiro atoms. The van der Waals surface area contributed by atoms with Crippen LogP contribution in [0.25, 0.3) is 23.0 Å². The quantitative estimate of drug-likeness (QED) is 0.722. The second kappa shape index (κ2) is 5.35. The van der Waals surface area contributed by atoms with Crippen molar-refractivity contribution in [3.8, 4) is 23.0 Å². The van der Waals surface area contributed by atoms with Crippen molar-refractivity contribution in [1.29, 1.82) is 0 Å². The third-order valence-corrected chi connectivity index (χ3v) is 3.42. The van der Waals surface area contributed by atoms with Gasteiger partial charge >= 0.3 is 0 Å². The van der Waals surface area contributed by atoms with Crippen LogP contribution in [0.15, 0.2) is 35.0 Å². The Hall–Kier alpha value is -2.11. The molecule has 3 aromatic rings. The van der Waals surface area contributed by atoms with Crippen molar-refractivity contribution in [3.05, 3.63) is 46.1 Å². The number of benzene rings is 1. The van der Waals surface area contributed by atoms with E-state index in [4.69, 9.17) is 33.5 Å². The number of nitrogen functional groups attached to an aromatic ring is 1. The first-order valence-electron chi connectivity index (χ1n) is 6.06. The fourth-order valence-electron chi connectivity index (χ4n) is 1.94. The van der Waals surface area contributed by atoms with Gasteiger partial charge in [0.1, 0.15) is 5.69 Å². The lowest BCUT2D eigenvalue weighted by Crippen LogP contribution is -1.90. The zero-order valence-electron chi connectivity index (χ0n) is 11.0. The minimum atomic E-state index is 0.308. The molecule has 2 aromatic heterocycles. The molecular formula is C14H10Cl2N4O. The van der Waals surface area contributed by atoms with E-state index in [1.807, 2.05) is 19.1 Å². The summed E-state index contributed by atoms with van der Waals surface area (Å²) in [5.41, 5.74) is 8.59. The zero-order valence-corrected chi connectivity index (χ0v) is 12.5. The molecule has 0 radical (unpaired) electrons. The smallest absolute Gasteiger partial charge is 0.258 e. The summed E-state index contributed by atoms with van der Waals surface area (Å²) in [6, 6.07) is 7.03. The third kappa shape index (κ3) is 2.70. The molecule has 0 aliphatic rings. The lowest BCUT2D eigenvalue weighted by molar-refractivity contribution is 0.432. The highest BCUT2D eigenvalue weighted by atomic mass is 35.5. The van der Waals surface area contributed by atoms with Gasteiger partial charge in [0, 0.05) is 17.4 Å². The van der Waals surface area contributed by atoms with Gasteiger partial charge in [0.15, 0.2) is 0 Å². The van der Waals surface area contributed by atoms with Crippen LogP contribution in [0, 0.1) is 6.92 Å². The number of anilines is 1. The maximum atomic E-state index is 6.09. The van der Waals surface area contributed by atoms with E-state index in [2.05, 4.69) is 15.1 Å². The molecule has 0 saturated carbocycles. The Morgan fingerprint density at radius 2 is 2.00 bits per heavy atom. The molecule has 3 rings (SSSR count). The molecule has 21 heavy (non-hydrogen) atoms. The first-order valence-corrected chi connectivity index (χ1v) is 6.82. The summed E-state index contributed by atoms with van der Waals surface area (Å²) in [6.07, 6.45) is 1.48. The number of halogens is 2. The van der Waals surface area contributed by atoms with Crippen LogP contribution in [-0.2, 0) is 0 Å². The Morgan fingerprint density at radius 3 is 2.71 bits per heavy atom. The van der Waals surface area contributed by atoms with Crippen molar-refractivity contribution in [1.82, 2.24) is 15.1 Å². The van der Waals surface area contributed by atoms with Crippen molar-refractivity contribution in [2.75, 3.05) is 5.73 Å². The SMILES string of the molecule is Cc1cc(N)ccc1-c1nc(-c2ncc(Cl)cc2Cl)no1. The van der Waals surface area contributed by atoms with Crippen LogP contribution < -0.4 is 5.73 Å². The van der Waals surface area contributed by atoms with Crippen LogP contribution in [-0.4, -0.2) is 15.1 Å². The maximum Gasteiger partial charge on any atom is 0.258 e. The number of rotatable bonds is 2. The minimum Gasteiger partial charge on any atom is -0.399 e. The molecule has 0 amide bonds. The van der Waals surface area contributed by atoms with Crippen molar-refractivity contribution in [2.24, 2.45) is 0 Å². The summed E-state index contributed by atoms with van der Waals surface area (Å²) in [7, 11) is 0. The van der Waals surface area contributed by atoms with Gasteiger partial charge in [0.05, 0.1) is 10.0 Å². The van der Waals surface area contributed by atoms with E-state index in [0.29, 0.717) is 33.1 Å². The Kier molecular flexibility index (Phi) is 3.53. The molecule has 0 bridgehead atoms. The van der Waals surface area contributed by atoms with Crippen molar-refractivity contribution in [2.45, 2.75) is 6.92 Å². The van der Waals surface area contributed by atoms with E-state index >= 15 is 0 Å². The lowest BCUT2D eigenvalue weighted by atomic mass is 10.1. The number of hydrogen-bond acceptors (Lipinski definition) is 5. The van der Waals surface area contributed by atoms with Gasteiger partial charge in [-0.2, -0.15) is 4.98 Å². The van der Waals surface area contributed by atoms with Gasteiger partial charge in [0.2, 0.25) is 5.82 Å². The van der Waals surface area contributed by atoms with E-state index < -0.39 is 0 Å². The average molecular weight is 321 g/mol. The van der Waals surface area contributed by atoms with Gasteiger partial charge in [-0.3, -0.25) is 0 Å². The monoisotopic (exact) mass is 320 g/mol.